The van der Waals surface area contributed by atoms with Crippen molar-refractivity contribution in [2.45, 2.75) is 26.3 Å². The zero-order chi connectivity index (χ0) is 14.5. The van der Waals surface area contributed by atoms with Crippen LogP contribution in [0.4, 0.5) is 9.18 Å². The van der Waals surface area contributed by atoms with Gasteiger partial charge in [0.1, 0.15) is 0 Å². The topological polar surface area (TPSA) is 67.4 Å². The Hall–Kier alpha value is -2.11. The molecule has 0 aliphatic heterocycles. The van der Waals surface area contributed by atoms with Crippen LogP contribution in [0.2, 0.25) is 0 Å². The smallest absolute Gasteiger partial charge is 0.321 e. The second kappa shape index (κ2) is 6.17. The minimum atomic E-state index is -0.648. The first-order chi connectivity index (χ1) is 8.78. The van der Waals surface area contributed by atoms with Crippen molar-refractivity contribution >= 4 is 11.9 Å². The van der Waals surface area contributed by atoms with E-state index in [4.69, 9.17) is 4.74 Å². The normalized spacial score (nSPS) is 10.7. The molecular weight excluding hydrogens is 251 g/mol. The maximum absolute atomic E-state index is 13.2. The molecule has 104 valence electrons. The molecule has 0 spiro atoms. The van der Waals surface area contributed by atoms with Crippen molar-refractivity contribution < 1.29 is 18.7 Å². The summed E-state index contributed by atoms with van der Waals surface area (Å²) >= 11 is 0. The molecule has 5 nitrogen and oxygen atoms in total. The van der Waals surface area contributed by atoms with Gasteiger partial charge in [0.05, 0.1) is 0 Å². The molecule has 0 radical (unpaired) electrons. The zero-order valence-electron chi connectivity index (χ0n) is 11.1. The van der Waals surface area contributed by atoms with Crippen LogP contribution in [0.15, 0.2) is 24.3 Å². The van der Waals surface area contributed by atoms with Crippen LogP contribution in [-0.2, 0) is 4.79 Å². The minimum Gasteiger partial charge on any atom is -0.481 e. The number of urea groups is 1. The van der Waals surface area contributed by atoms with Gasteiger partial charge in [-0.2, -0.15) is 0 Å². The number of para-hydroxylation sites is 1. The zero-order valence-corrected chi connectivity index (χ0v) is 11.1. The summed E-state index contributed by atoms with van der Waals surface area (Å²) in [6, 6.07) is 5.11. The largest absolute Gasteiger partial charge is 0.481 e. The van der Waals surface area contributed by atoms with Crippen LogP contribution in [0.3, 0.4) is 0 Å². The quantitative estimate of drug-likeness (QED) is 0.878. The van der Waals surface area contributed by atoms with E-state index in [1.165, 1.54) is 18.2 Å². The molecule has 1 aromatic carbocycles. The highest BCUT2D eigenvalue weighted by molar-refractivity contribution is 5.95. The van der Waals surface area contributed by atoms with E-state index in [0.29, 0.717) is 0 Å². The lowest BCUT2D eigenvalue weighted by atomic mass is 10.1. The van der Waals surface area contributed by atoms with Gasteiger partial charge in [0.25, 0.3) is 5.91 Å². The molecule has 3 amide bonds. The van der Waals surface area contributed by atoms with E-state index in [0.717, 1.165) is 0 Å². The minimum absolute atomic E-state index is 0.0334. The maximum atomic E-state index is 13.2. The highest BCUT2D eigenvalue weighted by atomic mass is 19.1. The van der Waals surface area contributed by atoms with Crippen molar-refractivity contribution in [3.8, 4) is 5.75 Å². The highest BCUT2D eigenvalue weighted by Gasteiger charge is 2.16. The number of amides is 3. The Bertz CT molecular complexity index is 469. The molecule has 0 aliphatic carbocycles. The Kier molecular flexibility index (Phi) is 4.86. The summed E-state index contributed by atoms with van der Waals surface area (Å²) in [7, 11) is 0. The summed E-state index contributed by atoms with van der Waals surface area (Å²) in [4.78, 5) is 22.8. The second-order valence-corrected chi connectivity index (χ2v) is 4.97. The van der Waals surface area contributed by atoms with Gasteiger partial charge in [0.2, 0.25) is 0 Å². The molecule has 19 heavy (non-hydrogen) atoms. The van der Waals surface area contributed by atoms with Crippen molar-refractivity contribution in [2.24, 2.45) is 0 Å². The molecule has 2 N–H and O–H groups in total. The van der Waals surface area contributed by atoms with Crippen LogP contribution in [-0.4, -0.2) is 24.1 Å². The summed E-state index contributed by atoms with van der Waals surface area (Å²) in [6.07, 6.45) is 0. The van der Waals surface area contributed by atoms with E-state index in [2.05, 4.69) is 10.6 Å². The number of nitrogens with one attached hydrogen (secondary N) is 2. The van der Waals surface area contributed by atoms with Crippen LogP contribution in [0.5, 0.6) is 5.75 Å². The summed E-state index contributed by atoms with van der Waals surface area (Å²) in [5, 5.41) is 4.65. The third-order valence-electron chi connectivity index (χ3n) is 1.94. The Morgan fingerprint density at radius 2 is 1.89 bits per heavy atom. The van der Waals surface area contributed by atoms with Gasteiger partial charge in [0.15, 0.2) is 18.2 Å². The molecule has 0 saturated carbocycles. The molecule has 0 unspecified atom stereocenters. The van der Waals surface area contributed by atoms with Gasteiger partial charge in [-0.05, 0) is 32.9 Å². The highest BCUT2D eigenvalue weighted by Crippen LogP contribution is 2.14. The number of ether oxygens (including phenoxy) is 1. The Labute approximate surface area is 111 Å². The number of hydrogen-bond donors (Lipinski definition) is 2. The second-order valence-electron chi connectivity index (χ2n) is 4.97. The molecule has 0 fully saturated rings. The third-order valence-corrected chi connectivity index (χ3v) is 1.94. The standard InChI is InChI=1S/C13H17FN2O3/c1-13(2,3)16-12(18)15-11(17)8-19-10-7-5-4-6-9(10)14/h4-7H,8H2,1-3H3,(H2,15,16,17,18). The van der Waals surface area contributed by atoms with E-state index in [-0.39, 0.29) is 5.75 Å². The molecule has 0 aromatic heterocycles. The van der Waals surface area contributed by atoms with Gasteiger partial charge in [0, 0.05) is 5.54 Å². The first-order valence-electron chi connectivity index (χ1n) is 5.77. The lowest BCUT2D eigenvalue weighted by molar-refractivity contribution is -0.122. The maximum Gasteiger partial charge on any atom is 0.321 e. The van der Waals surface area contributed by atoms with E-state index in [9.17, 15) is 14.0 Å². The molecule has 0 bridgehead atoms. The average Bonchev–Trinajstić information content (AvgIpc) is 2.25. The van der Waals surface area contributed by atoms with E-state index in [1.54, 1.807) is 26.8 Å². The molecule has 1 rings (SSSR count). The first kappa shape index (κ1) is 14.9. The molecule has 1 aromatic rings. The summed E-state index contributed by atoms with van der Waals surface area (Å²) < 4.78 is 18.2. The fraction of sp³-hybridized carbons (Fsp3) is 0.385. The van der Waals surface area contributed by atoms with Crippen molar-refractivity contribution in [1.82, 2.24) is 10.6 Å². The summed E-state index contributed by atoms with van der Waals surface area (Å²) in [6.45, 7) is 4.92. The van der Waals surface area contributed by atoms with Crippen LogP contribution in [0.25, 0.3) is 0 Å². The van der Waals surface area contributed by atoms with Crippen LogP contribution in [0, 0.1) is 5.82 Å². The van der Waals surface area contributed by atoms with Crippen LogP contribution in [0.1, 0.15) is 20.8 Å². The van der Waals surface area contributed by atoms with Crippen molar-refractivity contribution in [3.05, 3.63) is 30.1 Å². The Morgan fingerprint density at radius 3 is 2.47 bits per heavy atom. The molecule has 0 heterocycles. The fourth-order valence-electron chi connectivity index (χ4n) is 1.24. The van der Waals surface area contributed by atoms with E-state index >= 15 is 0 Å². The van der Waals surface area contributed by atoms with Crippen LogP contribution >= 0.6 is 0 Å². The van der Waals surface area contributed by atoms with Crippen molar-refractivity contribution in [2.75, 3.05) is 6.61 Å². The van der Waals surface area contributed by atoms with Gasteiger partial charge >= 0.3 is 6.03 Å². The van der Waals surface area contributed by atoms with Crippen LogP contribution < -0.4 is 15.4 Å². The summed E-state index contributed by atoms with van der Waals surface area (Å²) in [5.74, 6) is -1.24. The monoisotopic (exact) mass is 268 g/mol. The fourth-order valence-corrected chi connectivity index (χ4v) is 1.24. The number of hydrogen-bond acceptors (Lipinski definition) is 3. The molecule has 0 aliphatic rings. The molecule has 6 heteroatoms. The number of benzene rings is 1. The number of rotatable bonds is 3. The van der Waals surface area contributed by atoms with Gasteiger partial charge < -0.3 is 10.1 Å². The van der Waals surface area contributed by atoms with Gasteiger partial charge in [-0.1, -0.05) is 12.1 Å². The van der Waals surface area contributed by atoms with Crippen molar-refractivity contribution in [1.29, 1.82) is 0 Å². The van der Waals surface area contributed by atoms with E-state index in [1.807, 2.05) is 0 Å². The number of carbonyl (C=O) groups is 2. The third kappa shape index (κ3) is 5.85. The lowest BCUT2D eigenvalue weighted by Crippen LogP contribution is -2.49. The van der Waals surface area contributed by atoms with Gasteiger partial charge in [-0.3, -0.25) is 10.1 Å². The predicted molar refractivity (Wildman–Crippen MR) is 68.3 cm³/mol. The van der Waals surface area contributed by atoms with Gasteiger partial charge in [-0.15, -0.1) is 0 Å². The Balaban J connectivity index is 2.40. The molecular formula is C13H17FN2O3. The lowest BCUT2D eigenvalue weighted by Gasteiger charge is -2.20. The summed E-state index contributed by atoms with van der Waals surface area (Å²) in [5.41, 5.74) is -0.448. The number of imide groups is 1. The molecule has 0 saturated heterocycles. The first-order valence-corrected chi connectivity index (χ1v) is 5.77. The van der Waals surface area contributed by atoms with Gasteiger partial charge in [-0.25, -0.2) is 9.18 Å². The number of halogens is 1. The SMILES string of the molecule is CC(C)(C)NC(=O)NC(=O)COc1ccccc1F. The Morgan fingerprint density at radius 1 is 1.26 bits per heavy atom. The van der Waals surface area contributed by atoms with E-state index < -0.39 is 29.9 Å². The number of carbonyl (C=O) groups excluding carboxylic acids is 2. The predicted octanol–water partition coefficient (Wildman–Crippen LogP) is 1.83. The molecule has 0 atom stereocenters. The van der Waals surface area contributed by atoms with Crippen molar-refractivity contribution in [3.63, 3.8) is 0 Å². The average molecular weight is 268 g/mol.